The van der Waals surface area contributed by atoms with E-state index in [0.717, 1.165) is 5.56 Å². The highest BCUT2D eigenvalue weighted by molar-refractivity contribution is 9.10. The minimum absolute atomic E-state index is 0.122. The van der Waals surface area contributed by atoms with Crippen LogP contribution in [0.5, 0.6) is 17.2 Å². The van der Waals surface area contributed by atoms with Crippen molar-refractivity contribution in [2.24, 2.45) is 4.99 Å². The zero-order chi connectivity index (χ0) is 32.2. The van der Waals surface area contributed by atoms with Gasteiger partial charge in [-0.25, -0.2) is 9.79 Å². The fourth-order valence-electron chi connectivity index (χ4n) is 5.03. The highest BCUT2D eigenvalue weighted by Gasteiger charge is 2.35. The van der Waals surface area contributed by atoms with E-state index in [1.54, 1.807) is 37.7 Å². The van der Waals surface area contributed by atoms with Crippen LogP contribution in [-0.2, 0) is 16.1 Å². The van der Waals surface area contributed by atoms with Gasteiger partial charge in [-0.15, -0.1) is 0 Å². The fraction of sp³-hybridized carbons (Fsp3) is 0.265. The van der Waals surface area contributed by atoms with Crippen molar-refractivity contribution in [1.82, 2.24) is 4.57 Å². The van der Waals surface area contributed by atoms with Crippen LogP contribution in [0.25, 0.3) is 6.08 Å². The minimum atomic E-state index is -0.792. The van der Waals surface area contributed by atoms with E-state index in [2.05, 4.69) is 20.9 Å². The van der Waals surface area contributed by atoms with E-state index in [0.29, 0.717) is 58.5 Å². The molecule has 45 heavy (non-hydrogen) atoms. The summed E-state index contributed by atoms with van der Waals surface area (Å²) in [5.74, 6) is 1.03. The number of thiazole rings is 1. The van der Waals surface area contributed by atoms with Gasteiger partial charge in [0.15, 0.2) is 16.3 Å². The first-order valence-corrected chi connectivity index (χ1v) is 16.3. The van der Waals surface area contributed by atoms with Gasteiger partial charge < -0.3 is 18.9 Å². The third-order valence-corrected chi connectivity index (χ3v) is 8.91. The van der Waals surface area contributed by atoms with E-state index in [-0.39, 0.29) is 24.9 Å². The zero-order valence-corrected chi connectivity index (χ0v) is 28.6. The number of para-hydroxylation sites is 1. The Morgan fingerprint density at radius 2 is 1.87 bits per heavy atom. The maximum absolute atomic E-state index is 14.2. The average molecular weight is 712 g/mol. The molecule has 0 N–H and O–H groups in total. The lowest BCUT2D eigenvalue weighted by molar-refractivity contribution is -0.139. The van der Waals surface area contributed by atoms with Gasteiger partial charge in [-0.3, -0.25) is 9.36 Å². The molecule has 1 aromatic heterocycles. The SMILES string of the molecule is CCOC(=O)C1=C(C)N=c2s/c(=C\c3cc(Br)c(OCc4ccccc4Cl)c(OC)c3)c(=O)n2[C@H]1c1ccccc1OC(C)C. The number of allylic oxidation sites excluding steroid dienone is 1. The summed E-state index contributed by atoms with van der Waals surface area (Å²) in [5.41, 5.74) is 2.68. The Morgan fingerprint density at radius 3 is 2.58 bits per heavy atom. The van der Waals surface area contributed by atoms with Crippen molar-refractivity contribution in [3.8, 4) is 17.2 Å². The first-order valence-electron chi connectivity index (χ1n) is 14.3. The van der Waals surface area contributed by atoms with Crippen molar-refractivity contribution in [1.29, 1.82) is 0 Å². The molecule has 0 aliphatic carbocycles. The number of hydrogen-bond acceptors (Lipinski definition) is 8. The van der Waals surface area contributed by atoms with Crippen LogP contribution in [0.2, 0.25) is 5.02 Å². The number of hydrogen-bond donors (Lipinski definition) is 0. The number of methoxy groups -OCH3 is 1. The molecular weight excluding hydrogens is 680 g/mol. The molecule has 0 spiro atoms. The van der Waals surface area contributed by atoms with Gasteiger partial charge in [0.2, 0.25) is 0 Å². The predicted octanol–water partition coefficient (Wildman–Crippen LogP) is 6.59. The Balaban J connectivity index is 1.61. The second kappa shape index (κ2) is 14.1. The predicted molar refractivity (Wildman–Crippen MR) is 179 cm³/mol. The van der Waals surface area contributed by atoms with Gasteiger partial charge in [-0.2, -0.15) is 0 Å². The van der Waals surface area contributed by atoms with Crippen molar-refractivity contribution < 1.29 is 23.7 Å². The Labute approximate surface area is 278 Å². The molecule has 234 valence electrons. The van der Waals surface area contributed by atoms with E-state index >= 15 is 0 Å². The lowest BCUT2D eigenvalue weighted by atomic mass is 9.95. The molecule has 1 aliphatic heterocycles. The molecular formula is C34H32BrClN2O6S. The highest BCUT2D eigenvalue weighted by Crippen LogP contribution is 2.38. The molecule has 4 aromatic rings. The lowest BCUT2D eigenvalue weighted by Gasteiger charge is -2.26. The summed E-state index contributed by atoms with van der Waals surface area (Å²) >= 11 is 11.1. The molecule has 0 amide bonds. The maximum Gasteiger partial charge on any atom is 0.338 e. The zero-order valence-electron chi connectivity index (χ0n) is 25.4. The van der Waals surface area contributed by atoms with E-state index in [1.807, 2.05) is 68.4 Å². The first-order chi connectivity index (χ1) is 21.6. The summed E-state index contributed by atoms with van der Waals surface area (Å²) in [6, 6.07) is 17.7. The molecule has 0 unspecified atom stereocenters. The molecule has 5 rings (SSSR count). The third-order valence-electron chi connectivity index (χ3n) is 6.97. The standard InChI is InChI=1S/C34H32BrClN2O6S/c1-6-42-33(40)29-20(4)37-34-38(30(29)23-12-8-10-14-26(23)44-19(2)3)32(39)28(45-34)17-21-15-24(35)31(27(16-21)41-5)43-18-22-11-7-9-13-25(22)36/h7-17,19,30H,6,18H2,1-5H3/b28-17-/t30-/m0/s1. The number of nitrogens with zero attached hydrogens (tertiary/aromatic N) is 2. The Bertz CT molecular complexity index is 1970. The molecule has 8 nitrogen and oxygen atoms in total. The molecule has 1 atom stereocenters. The third kappa shape index (κ3) is 6.88. The van der Waals surface area contributed by atoms with Crippen LogP contribution in [-0.4, -0.2) is 30.4 Å². The van der Waals surface area contributed by atoms with Crippen molar-refractivity contribution in [2.75, 3.05) is 13.7 Å². The van der Waals surface area contributed by atoms with Gasteiger partial charge >= 0.3 is 5.97 Å². The Hall–Kier alpha value is -3.86. The van der Waals surface area contributed by atoms with Crippen molar-refractivity contribution in [2.45, 2.75) is 46.4 Å². The molecule has 1 aliphatic rings. The van der Waals surface area contributed by atoms with Crippen LogP contribution in [0.1, 0.15) is 50.4 Å². The summed E-state index contributed by atoms with van der Waals surface area (Å²) in [5, 5.41) is 0.609. The van der Waals surface area contributed by atoms with Crippen molar-refractivity contribution in [3.63, 3.8) is 0 Å². The van der Waals surface area contributed by atoms with Crippen LogP contribution in [0.4, 0.5) is 0 Å². The summed E-state index contributed by atoms with van der Waals surface area (Å²) < 4.78 is 25.9. The first kappa shape index (κ1) is 32.5. The fourth-order valence-corrected chi connectivity index (χ4v) is 6.84. The number of rotatable bonds is 10. The second-order valence-corrected chi connectivity index (χ2v) is 12.7. The molecule has 2 heterocycles. The number of esters is 1. The van der Waals surface area contributed by atoms with Gasteiger partial charge in [0.25, 0.3) is 5.56 Å². The Morgan fingerprint density at radius 1 is 1.13 bits per heavy atom. The number of benzene rings is 3. The molecule has 11 heteroatoms. The van der Waals surface area contributed by atoms with Crippen LogP contribution in [0, 0.1) is 0 Å². The van der Waals surface area contributed by atoms with Gasteiger partial charge in [-0.1, -0.05) is 59.3 Å². The number of aromatic nitrogens is 1. The van der Waals surface area contributed by atoms with Gasteiger partial charge in [-0.05, 0) is 79.5 Å². The van der Waals surface area contributed by atoms with Gasteiger partial charge in [0, 0.05) is 16.1 Å². The van der Waals surface area contributed by atoms with Gasteiger partial charge in [0.05, 0.1) is 40.1 Å². The summed E-state index contributed by atoms with van der Waals surface area (Å²) in [7, 11) is 1.55. The van der Waals surface area contributed by atoms with Gasteiger partial charge in [0.1, 0.15) is 18.4 Å². The largest absolute Gasteiger partial charge is 0.493 e. The number of halogens is 2. The van der Waals surface area contributed by atoms with E-state index in [1.165, 1.54) is 11.3 Å². The van der Waals surface area contributed by atoms with Crippen molar-refractivity contribution in [3.05, 3.63) is 118 Å². The van der Waals surface area contributed by atoms with Crippen LogP contribution in [0.3, 0.4) is 0 Å². The molecule has 0 radical (unpaired) electrons. The maximum atomic E-state index is 14.2. The van der Waals surface area contributed by atoms with E-state index in [4.69, 9.17) is 30.5 Å². The lowest BCUT2D eigenvalue weighted by Crippen LogP contribution is -2.40. The second-order valence-electron chi connectivity index (χ2n) is 10.4. The molecule has 0 bridgehead atoms. The number of fused-ring (bicyclic) bond motifs is 1. The van der Waals surface area contributed by atoms with E-state index in [9.17, 15) is 9.59 Å². The van der Waals surface area contributed by atoms with Crippen LogP contribution < -0.4 is 29.1 Å². The minimum Gasteiger partial charge on any atom is -0.493 e. The topological polar surface area (TPSA) is 88.4 Å². The summed E-state index contributed by atoms with van der Waals surface area (Å²) in [6.07, 6.45) is 1.65. The smallest absolute Gasteiger partial charge is 0.338 e. The molecule has 0 saturated heterocycles. The highest BCUT2D eigenvalue weighted by atomic mass is 79.9. The molecule has 3 aromatic carbocycles. The van der Waals surface area contributed by atoms with Crippen LogP contribution in [0.15, 0.2) is 86.2 Å². The monoisotopic (exact) mass is 710 g/mol. The number of ether oxygens (including phenoxy) is 4. The van der Waals surface area contributed by atoms with Crippen molar-refractivity contribution >= 4 is 50.9 Å². The number of carbonyl (C=O) groups is 1. The molecule has 0 saturated carbocycles. The number of carbonyl (C=O) groups excluding carboxylic acids is 1. The normalized spacial score (nSPS) is 14.7. The average Bonchev–Trinajstić information content (AvgIpc) is 3.30. The summed E-state index contributed by atoms with van der Waals surface area (Å²) in [6.45, 7) is 7.78. The summed E-state index contributed by atoms with van der Waals surface area (Å²) in [4.78, 5) is 32.6. The van der Waals surface area contributed by atoms with Crippen LogP contribution >= 0.6 is 38.9 Å². The molecule has 0 fully saturated rings. The van der Waals surface area contributed by atoms with E-state index < -0.39 is 12.0 Å². The Kier molecular flexibility index (Phi) is 10.2. The quantitative estimate of drug-likeness (QED) is 0.173.